The maximum atomic E-state index is 11.3. The molecule has 0 heterocycles. The third-order valence-corrected chi connectivity index (χ3v) is 4.97. The largest absolute Gasteiger partial charge is 0.490 e. The van der Waals surface area contributed by atoms with E-state index in [4.69, 9.17) is 36.8 Å². The van der Waals surface area contributed by atoms with Crippen LogP contribution in [-0.4, -0.2) is 25.7 Å². The third-order valence-electron chi connectivity index (χ3n) is 4.69. The molecule has 0 fully saturated rings. The molecule has 0 saturated carbocycles. The summed E-state index contributed by atoms with van der Waals surface area (Å²) in [5, 5.41) is 9.31. The average Bonchev–Trinajstić information content (AvgIpc) is 2.76. The Labute approximate surface area is 188 Å². The summed E-state index contributed by atoms with van der Waals surface area (Å²) in [5.41, 5.74) is 6.80. The Hall–Kier alpha value is -3.17. The zero-order chi connectivity index (χ0) is 22.8. The van der Waals surface area contributed by atoms with Crippen molar-refractivity contribution in [2.75, 3.05) is 19.8 Å². The molecule has 0 aromatic heterocycles. The van der Waals surface area contributed by atoms with Crippen molar-refractivity contribution in [3.8, 4) is 23.3 Å². The summed E-state index contributed by atoms with van der Waals surface area (Å²) in [5.74, 6) is 1.24. The average molecular weight is 443 g/mol. The number of primary amides is 1. The molecule has 2 aromatic rings. The molecular formula is C24H27ClN2O4. The Morgan fingerprint density at radius 1 is 1.16 bits per heavy atom. The Kier molecular flexibility index (Phi) is 9.23. The number of nitrogens with two attached hydrogens (primary N) is 1. The van der Waals surface area contributed by atoms with Gasteiger partial charge in [0.05, 0.1) is 11.6 Å². The lowest BCUT2D eigenvalue weighted by Crippen LogP contribution is -2.12. The van der Waals surface area contributed by atoms with Gasteiger partial charge in [0, 0.05) is 0 Å². The SMILES string of the molecule is CCOc1cc(/C=C(\C#N)C(N)=O)cc(Cl)c1OCCOc1ccc(C(C)CC)cc1. The second-order valence-corrected chi connectivity index (χ2v) is 7.28. The maximum Gasteiger partial charge on any atom is 0.259 e. The van der Waals surface area contributed by atoms with Crippen LogP contribution in [0.1, 0.15) is 44.2 Å². The summed E-state index contributed by atoms with van der Waals surface area (Å²) in [6.45, 7) is 7.16. The molecule has 2 rings (SSSR count). The van der Waals surface area contributed by atoms with Gasteiger partial charge in [-0.2, -0.15) is 5.26 Å². The van der Waals surface area contributed by atoms with Crippen LogP contribution in [0.2, 0.25) is 5.02 Å². The lowest BCUT2D eigenvalue weighted by atomic mass is 9.99. The van der Waals surface area contributed by atoms with Gasteiger partial charge in [-0.3, -0.25) is 4.79 Å². The lowest BCUT2D eigenvalue weighted by molar-refractivity contribution is -0.114. The van der Waals surface area contributed by atoms with Crippen LogP contribution in [0.3, 0.4) is 0 Å². The molecule has 31 heavy (non-hydrogen) atoms. The number of hydrogen-bond acceptors (Lipinski definition) is 5. The number of amides is 1. The fourth-order valence-electron chi connectivity index (χ4n) is 2.83. The molecule has 1 atom stereocenters. The second kappa shape index (κ2) is 11.9. The molecule has 0 spiro atoms. The standard InChI is InChI=1S/C24H27ClN2O4/c1-4-16(3)18-6-8-20(9-7-18)30-10-11-31-23-21(25)13-17(14-22(23)29-5-2)12-19(15-26)24(27)28/h6-9,12-14,16H,4-5,10-11H2,1-3H3,(H2,27,28)/b19-12+. The van der Waals surface area contributed by atoms with Crippen LogP contribution in [0.25, 0.3) is 6.08 Å². The van der Waals surface area contributed by atoms with Crippen molar-refractivity contribution in [3.05, 3.63) is 58.1 Å². The zero-order valence-corrected chi connectivity index (χ0v) is 18.7. The minimum atomic E-state index is -0.814. The molecule has 6 nitrogen and oxygen atoms in total. The van der Waals surface area contributed by atoms with Crippen LogP contribution in [0.5, 0.6) is 17.2 Å². The monoisotopic (exact) mass is 442 g/mol. The van der Waals surface area contributed by atoms with Crippen molar-refractivity contribution in [2.24, 2.45) is 5.73 Å². The molecule has 0 radical (unpaired) electrons. The summed E-state index contributed by atoms with van der Waals surface area (Å²) >= 11 is 6.36. The first-order valence-electron chi connectivity index (χ1n) is 10.1. The molecule has 2 aromatic carbocycles. The minimum absolute atomic E-state index is 0.181. The van der Waals surface area contributed by atoms with Gasteiger partial charge in [0.15, 0.2) is 11.5 Å². The van der Waals surface area contributed by atoms with Crippen LogP contribution in [0.15, 0.2) is 42.0 Å². The van der Waals surface area contributed by atoms with Crippen LogP contribution >= 0.6 is 11.6 Å². The molecule has 1 unspecified atom stereocenters. The van der Waals surface area contributed by atoms with Crippen molar-refractivity contribution < 1.29 is 19.0 Å². The number of hydrogen-bond donors (Lipinski definition) is 1. The van der Waals surface area contributed by atoms with Crippen molar-refractivity contribution in [2.45, 2.75) is 33.1 Å². The molecule has 0 bridgehead atoms. The maximum absolute atomic E-state index is 11.3. The number of carbonyl (C=O) groups excluding carboxylic acids is 1. The van der Waals surface area contributed by atoms with Gasteiger partial charge < -0.3 is 19.9 Å². The molecule has 1 amide bonds. The van der Waals surface area contributed by atoms with Crippen molar-refractivity contribution in [3.63, 3.8) is 0 Å². The lowest BCUT2D eigenvalue weighted by Gasteiger charge is -2.15. The van der Waals surface area contributed by atoms with E-state index in [1.807, 2.05) is 19.1 Å². The summed E-state index contributed by atoms with van der Waals surface area (Å²) in [7, 11) is 0. The molecule has 0 aliphatic carbocycles. The van der Waals surface area contributed by atoms with Crippen LogP contribution in [-0.2, 0) is 4.79 Å². The fraction of sp³-hybridized carbons (Fsp3) is 0.333. The van der Waals surface area contributed by atoms with Gasteiger partial charge in [-0.15, -0.1) is 0 Å². The minimum Gasteiger partial charge on any atom is -0.490 e. The van der Waals surface area contributed by atoms with Gasteiger partial charge in [0.1, 0.15) is 30.6 Å². The molecule has 0 saturated heterocycles. The normalized spacial score (nSPS) is 12.0. The van der Waals surface area contributed by atoms with E-state index in [0.29, 0.717) is 36.2 Å². The first kappa shape index (κ1) is 24.1. The smallest absolute Gasteiger partial charge is 0.259 e. The number of nitriles is 1. The van der Waals surface area contributed by atoms with Gasteiger partial charge in [-0.25, -0.2) is 0 Å². The van der Waals surface area contributed by atoms with E-state index >= 15 is 0 Å². The predicted octanol–water partition coefficient (Wildman–Crippen LogP) is 5.10. The van der Waals surface area contributed by atoms with E-state index in [1.165, 1.54) is 11.6 Å². The predicted molar refractivity (Wildman–Crippen MR) is 122 cm³/mol. The van der Waals surface area contributed by atoms with Crippen molar-refractivity contribution in [1.82, 2.24) is 0 Å². The number of ether oxygens (including phenoxy) is 3. The first-order valence-corrected chi connectivity index (χ1v) is 10.5. The van der Waals surface area contributed by atoms with Gasteiger partial charge in [-0.1, -0.05) is 37.6 Å². The molecular weight excluding hydrogens is 416 g/mol. The number of nitrogens with zero attached hydrogens (tertiary/aromatic N) is 1. The third kappa shape index (κ3) is 6.94. The Morgan fingerprint density at radius 3 is 2.42 bits per heavy atom. The van der Waals surface area contributed by atoms with E-state index in [0.717, 1.165) is 12.2 Å². The summed E-state index contributed by atoms with van der Waals surface area (Å²) in [6, 6.07) is 13.0. The Bertz CT molecular complexity index is 965. The van der Waals surface area contributed by atoms with Gasteiger partial charge in [0.2, 0.25) is 0 Å². The summed E-state index contributed by atoms with van der Waals surface area (Å²) in [4.78, 5) is 11.3. The molecule has 0 aliphatic rings. The number of halogens is 1. The fourth-order valence-corrected chi connectivity index (χ4v) is 3.10. The highest BCUT2D eigenvalue weighted by atomic mass is 35.5. The number of carbonyl (C=O) groups is 1. The summed E-state index contributed by atoms with van der Waals surface area (Å²) < 4.78 is 17.2. The highest BCUT2D eigenvalue weighted by Crippen LogP contribution is 2.37. The van der Waals surface area contributed by atoms with Crippen molar-refractivity contribution in [1.29, 1.82) is 5.26 Å². The van der Waals surface area contributed by atoms with E-state index in [9.17, 15) is 4.79 Å². The van der Waals surface area contributed by atoms with E-state index in [1.54, 1.807) is 18.2 Å². The highest BCUT2D eigenvalue weighted by molar-refractivity contribution is 6.32. The zero-order valence-electron chi connectivity index (χ0n) is 18.0. The van der Waals surface area contributed by atoms with Gasteiger partial charge in [-0.05, 0) is 60.7 Å². The molecule has 0 aliphatic heterocycles. The molecule has 7 heteroatoms. The second-order valence-electron chi connectivity index (χ2n) is 6.87. The number of benzene rings is 2. The Morgan fingerprint density at radius 2 is 1.84 bits per heavy atom. The van der Waals surface area contributed by atoms with Crippen molar-refractivity contribution >= 4 is 23.6 Å². The highest BCUT2D eigenvalue weighted by Gasteiger charge is 2.14. The van der Waals surface area contributed by atoms with E-state index < -0.39 is 5.91 Å². The van der Waals surface area contributed by atoms with E-state index in [2.05, 4.69) is 26.0 Å². The van der Waals surface area contributed by atoms with Crippen LogP contribution < -0.4 is 19.9 Å². The molecule has 2 N–H and O–H groups in total. The first-order chi connectivity index (χ1) is 14.9. The van der Waals surface area contributed by atoms with Crippen LogP contribution in [0, 0.1) is 11.3 Å². The summed E-state index contributed by atoms with van der Waals surface area (Å²) in [6.07, 6.45) is 2.44. The van der Waals surface area contributed by atoms with Gasteiger partial charge in [0.25, 0.3) is 5.91 Å². The topological polar surface area (TPSA) is 94.6 Å². The quantitative estimate of drug-likeness (QED) is 0.296. The van der Waals surface area contributed by atoms with Crippen LogP contribution in [0.4, 0.5) is 0 Å². The van der Waals surface area contributed by atoms with Gasteiger partial charge >= 0.3 is 0 Å². The number of rotatable bonds is 11. The van der Waals surface area contributed by atoms with E-state index in [-0.39, 0.29) is 17.2 Å². The molecule has 164 valence electrons. The Balaban J connectivity index is 2.05.